The molecule has 0 bridgehead atoms. The zero-order chi connectivity index (χ0) is 19.2. The van der Waals surface area contributed by atoms with Gasteiger partial charge in [0.05, 0.1) is 12.6 Å². The van der Waals surface area contributed by atoms with Crippen molar-refractivity contribution in [2.45, 2.75) is 19.4 Å². The number of primary amides is 1. The van der Waals surface area contributed by atoms with Gasteiger partial charge in [0.25, 0.3) is 0 Å². The summed E-state index contributed by atoms with van der Waals surface area (Å²) in [5.41, 5.74) is 6.80. The van der Waals surface area contributed by atoms with E-state index in [1.807, 2.05) is 31.2 Å². The van der Waals surface area contributed by atoms with E-state index in [1.165, 1.54) is 0 Å². The van der Waals surface area contributed by atoms with Crippen molar-refractivity contribution in [2.75, 3.05) is 11.9 Å². The normalized spacial score (nSPS) is 10.9. The first-order chi connectivity index (χ1) is 11.7. The molecule has 0 saturated heterocycles. The lowest BCUT2D eigenvalue weighted by atomic mass is 10.1. The first kappa shape index (κ1) is 21.6. The molecule has 1 rings (SSSR count). The highest BCUT2D eigenvalue weighted by molar-refractivity contribution is 5.89. The molecule has 0 fully saturated rings. The lowest BCUT2D eigenvalue weighted by Gasteiger charge is -2.12. The van der Waals surface area contributed by atoms with E-state index in [2.05, 4.69) is 10.6 Å². The Morgan fingerprint density at radius 1 is 1.28 bits per heavy atom. The minimum Gasteiger partial charge on any atom is -0.478 e. The van der Waals surface area contributed by atoms with Gasteiger partial charge in [0.2, 0.25) is 0 Å². The van der Waals surface area contributed by atoms with Crippen LogP contribution < -0.4 is 16.4 Å². The summed E-state index contributed by atoms with van der Waals surface area (Å²) in [4.78, 5) is 29.8. The molecule has 1 atom stereocenters. The third-order valence-corrected chi connectivity index (χ3v) is 2.63. The van der Waals surface area contributed by atoms with Gasteiger partial charge in [-0.2, -0.15) is 5.26 Å². The number of amides is 2. The first-order valence-corrected chi connectivity index (χ1v) is 7.14. The Labute approximate surface area is 144 Å². The lowest BCUT2D eigenvalue weighted by molar-refractivity contribution is -0.134. The number of hydrogen-bond acceptors (Lipinski definition) is 5. The maximum atomic E-state index is 10.7. The van der Waals surface area contributed by atoms with Crippen LogP contribution in [-0.4, -0.2) is 40.8 Å². The molecule has 0 aliphatic heterocycles. The Hall–Kier alpha value is -3.38. The molecule has 0 aliphatic rings. The number of nitrogens with zero attached hydrogens (tertiary/aromatic N) is 1. The van der Waals surface area contributed by atoms with Gasteiger partial charge in [-0.3, -0.25) is 0 Å². The standard InChI is InChI=1S/C12H16N4O.C4H4O4/c1-9(15-6-5-13)7-10-3-2-4-11(8-10)16-12(14)17;5-3(6)1-2-4(7)8/h2-4,8-9,15H,6-7H2,1H3,(H3,14,16,17);1-2H,(H,5,6)(H,7,8). The number of carboxylic acids is 2. The highest BCUT2D eigenvalue weighted by Gasteiger charge is 2.03. The molecule has 134 valence electrons. The second kappa shape index (κ2) is 12.1. The van der Waals surface area contributed by atoms with Gasteiger partial charge in [-0.1, -0.05) is 12.1 Å². The van der Waals surface area contributed by atoms with Gasteiger partial charge in [0.1, 0.15) is 0 Å². The third-order valence-electron chi connectivity index (χ3n) is 2.63. The van der Waals surface area contributed by atoms with Crippen molar-refractivity contribution in [3.63, 3.8) is 0 Å². The Balaban J connectivity index is 0.000000609. The Morgan fingerprint density at radius 3 is 2.36 bits per heavy atom. The van der Waals surface area contributed by atoms with Crippen LogP contribution in [0.4, 0.5) is 10.5 Å². The molecule has 0 spiro atoms. The van der Waals surface area contributed by atoms with E-state index in [9.17, 15) is 14.4 Å². The third kappa shape index (κ3) is 12.8. The van der Waals surface area contributed by atoms with Crippen LogP contribution in [0.15, 0.2) is 36.4 Å². The minimum atomic E-state index is -1.26. The van der Waals surface area contributed by atoms with Crippen LogP contribution in [0.2, 0.25) is 0 Å². The molecule has 0 aromatic heterocycles. The van der Waals surface area contributed by atoms with Gasteiger partial charge >= 0.3 is 18.0 Å². The number of aliphatic carboxylic acids is 2. The molecule has 25 heavy (non-hydrogen) atoms. The second-order valence-electron chi connectivity index (χ2n) is 4.84. The summed E-state index contributed by atoms with van der Waals surface area (Å²) < 4.78 is 0. The number of anilines is 1. The quantitative estimate of drug-likeness (QED) is 0.361. The van der Waals surface area contributed by atoms with E-state index < -0.39 is 18.0 Å². The Bertz CT molecular complexity index is 651. The first-order valence-electron chi connectivity index (χ1n) is 7.14. The summed E-state index contributed by atoms with van der Waals surface area (Å²) >= 11 is 0. The van der Waals surface area contributed by atoms with Crippen LogP contribution in [0.5, 0.6) is 0 Å². The topological polar surface area (TPSA) is 166 Å². The average Bonchev–Trinajstić information content (AvgIpc) is 2.51. The molecule has 2 amide bonds. The number of nitriles is 1. The number of carboxylic acid groups (broad SMARTS) is 2. The van der Waals surface area contributed by atoms with E-state index in [0.29, 0.717) is 24.4 Å². The van der Waals surface area contributed by atoms with Gasteiger partial charge in [0, 0.05) is 23.9 Å². The van der Waals surface area contributed by atoms with Crippen molar-refractivity contribution in [2.24, 2.45) is 5.73 Å². The van der Waals surface area contributed by atoms with Gasteiger partial charge in [-0.05, 0) is 31.0 Å². The summed E-state index contributed by atoms with van der Waals surface area (Å²) in [6.07, 6.45) is 1.90. The van der Waals surface area contributed by atoms with Gasteiger partial charge in [-0.15, -0.1) is 0 Å². The largest absolute Gasteiger partial charge is 0.478 e. The van der Waals surface area contributed by atoms with Gasteiger partial charge in [0.15, 0.2) is 0 Å². The number of nitrogens with two attached hydrogens (primary N) is 1. The maximum Gasteiger partial charge on any atom is 0.328 e. The summed E-state index contributed by atoms with van der Waals surface area (Å²) in [6, 6.07) is 9.15. The Morgan fingerprint density at radius 2 is 1.88 bits per heavy atom. The molecule has 0 radical (unpaired) electrons. The monoisotopic (exact) mass is 348 g/mol. The highest BCUT2D eigenvalue weighted by Crippen LogP contribution is 2.12. The minimum absolute atomic E-state index is 0.207. The molecule has 9 nitrogen and oxygen atoms in total. The number of carbonyl (C=O) groups is 3. The van der Waals surface area contributed by atoms with Crippen molar-refractivity contribution in [1.82, 2.24) is 5.32 Å². The zero-order valence-electron chi connectivity index (χ0n) is 13.6. The molecule has 0 aliphatic carbocycles. The van der Waals surface area contributed by atoms with Gasteiger partial charge < -0.3 is 26.6 Å². The molecule has 6 N–H and O–H groups in total. The number of urea groups is 1. The number of hydrogen-bond donors (Lipinski definition) is 5. The molecular weight excluding hydrogens is 328 g/mol. The summed E-state index contributed by atoms with van der Waals surface area (Å²) in [7, 11) is 0. The summed E-state index contributed by atoms with van der Waals surface area (Å²) in [5, 5.41) is 29.7. The molecule has 1 aromatic carbocycles. The van der Waals surface area contributed by atoms with E-state index in [1.54, 1.807) is 6.07 Å². The molecule has 1 unspecified atom stereocenters. The molecular formula is C16H20N4O5. The van der Waals surface area contributed by atoms with Crippen molar-refractivity contribution < 1.29 is 24.6 Å². The zero-order valence-corrected chi connectivity index (χ0v) is 13.6. The fourth-order valence-electron chi connectivity index (χ4n) is 1.71. The van der Waals surface area contributed by atoms with Crippen LogP contribution in [0.3, 0.4) is 0 Å². The van der Waals surface area contributed by atoms with Crippen LogP contribution in [0.25, 0.3) is 0 Å². The van der Waals surface area contributed by atoms with Crippen LogP contribution in [-0.2, 0) is 16.0 Å². The van der Waals surface area contributed by atoms with Crippen molar-refractivity contribution in [3.8, 4) is 6.07 Å². The molecule has 9 heteroatoms. The average molecular weight is 348 g/mol. The molecule has 0 heterocycles. The van der Waals surface area contributed by atoms with E-state index >= 15 is 0 Å². The Kier molecular flexibility index (Phi) is 10.5. The SMILES string of the molecule is CC(Cc1cccc(NC(N)=O)c1)NCC#N.O=C(O)C=CC(=O)O. The number of nitrogens with one attached hydrogen (secondary N) is 2. The van der Waals surface area contributed by atoms with E-state index in [4.69, 9.17) is 21.2 Å². The summed E-state index contributed by atoms with van der Waals surface area (Å²) in [5.74, 6) is -2.51. The number of benzene rings is 1. The van der Waals surface area contributed by atoms with Crippen LogP contribution in [0, 0.1) is 11.3 Å². The predicted octanol–water partition coefficient (Wildman–Crippen LogP) is 0.933. The van der Waals surface area contributed by atoms with Crippen LogP contribution in [0.1, 0.15) is 12.5 Å². The van der Waals surface area contributed by atoms with Crippen LogP contribution >= 0.6 is 0 Å². The molecule has 0 saturated carbocycles. The van der Waals surface area contributed by atoms with E-state index in [-0.39, 0.29) is 6.04 Å². The number of carbonyl (C=O) groups excluding carboxylic acids is 1. The predicted molar refractivity (Wildman–Crippen MR) is 90.8 cm³/mol. The summed E-state index contributed by atoms with van der Waals surface area (Å²) in [6.45, 7) is 2.34. The fraction of sp³-hybridized carbons (Fsp3) is 0.250. The van der Waals surface area contributed by atoms with E-state index in [0.717, 1.165) is 12.0 Å². The second-order valence-corrected chi connectivity index (χ2v) is 4.84. The van der Waals surface area contributed by atoms with Crippen molar-refractivity contribution >= 4 is 23.7 Å². The van der Waals surface area contributed by atoms with Crippen molar-refractivity contribution in [1.29, 1.82) is 5.26 Å². The highest BCUT2D eigenvalue weighted by atomic mass is 16.4. The smallest absolute Gasteiger partial charge is 0.328 e. The van der Waals surface area contributed by atoms with Gasteiger partial charge in [-0.25, -0.2) is 14.4 Å². The fourth-order valence-corrected chi connectivity index (χ4v) is 1.71. The lowest BCUT2D eigenvalue weighted by Crippen LogP contribution is -2.28. The maximum absolute atomic E-state index is 10.7. The molecule has 1 aromatic rings. The van der Waals surface area contributed by atoms with Crippen molar-refractivity contribution in [3.05, 3.63) is 42.0 Å². The number of rotatable bonds is 7.